The molecule has 2 nitrogen and oxygen atoms in total. The van der Waals surface area contributed by atoms with Crippen molar-refractivity contribution < 1.29 is 9.31 Å². The maximum Gasteiger partial charge on any atom is 0.458 e. The predicted octanol–water partition coefficient (Wildman–Crippen LogP) is 4.36. The van der Waals surface area contributed by atoms with E-state index < -0.39 is 8.07 Å². The van der Waals surface area contributed by atoms with Crippen LogP contribution in [0, 0.1) is 0 Å². The Morgan fingerprint density at radius 2 is 1.44 bits per heavy atom. The molecule has 4 heteroatoms. The minimum absolute atomic E-state index is 0.0495. The zero-order valence-corrected chi connectivity index (χ0v) is 14.2. The SMILES string of the molecule is CC1(C)OB(CC/C=C/C[Si](C)(C)C)OC1(C)C. The molecule has 0 aromatic rings. The normalized spacial score (nSPS) is 22.9. The molecule has 0 N–H and O–H groups in total. The fourth-order valence-corrected chi connectivity index (χ4v) is 2.74. The van der Waals surface area contributed by atoms with E-state index in [9.17, 15) is 0 Å². The van der Waals surface area contributed by atoms with Crippen molar-refractivity contribution in [2.24, 2.45) is 0 Å². The third-order valence-corrected chi connectivity index (χ3v) is 5.23. The average molecular weight is 268 g/mol. The molecule has 1 saturated heterocycles. The zero-order chi connectivity index (χ0) is 14.0. The fraction of sp³-hybridized carbons (Fsp3) is 0.857. The van der Waals surface area contributed by atoms with Gasteiger partial charge in [0, 0.05) is 8.07 Å². The van der Waals surface area contributed by atoms with Gasteiger partial charge in [-0.25, -0.2) is 0 Å². The van der Waals surface area contributed by atoms with Crippen molar-refractivity contribution in [3.63, 3.8) is 0 Å². The van der Waals surface area contributed by atoms with Crippen LogP contribution in [0.5, 0.6) is 0 Å². The summed E-state index contributed by atoms with van der Waals surface area (Å²) >= 11 is 0. The fourth-order valence-electron chi connectivity index (χ4n) is 1.87. The van der Waals surface area contributed by atoms with E-state index in [0.717, 1.165) is 12.7 Å². The largest absolute Gasteiger partial charge is 0.458 e. The maximum absolute atomic E-state index is 5.96. The third kappa shape index (κ3) is 4.56. The van der Waals surface area contributed by atoms with Gasteiger partial charge < -0.3 is 9.31 Å². The monoisotopic (exact) mass is 268 g/mol. The Bertz CT molecular complexity index is 289. The lowest BCUT2D eigenvalue weighted by Crippen LogP contribution is -2.41. The molecule has 0 bridgehead atoms. The molecule has 0 unspecified atom stereocenters. The molecule has 0 aliphatic carbocycles. The number of hydrogen-bond acceptors (Lipinski definition) is 2. The van der Waals surface area contributed by atoms with E-state index in [2.05, 4.69) is 59.5 Å². The summed E-state index contributed by atoms with van der Waals surface area (Å²) in [6, 6.07) is 1.26. The van der Waals surface area contributed by atoms with Crippen LogP contribution in [0.3, 0.4) is 0 Å². The van der Waals surface area contributed by atoms with Crippen LogP contribution in [0.1, 0.15) is 34.1 Å². The van der Waals surface area contributed by atoms with Crippen molar-refractivity contribution in [2.45, 2.75) is 77.3 Å². The molecule has 0 amide bonds. The molecule has 1 aliphatic rings. The van der Waals surface area contributed by atoms with Crippen LogP contribution < -0.4 is 0 Å². The van der Waals surface area contributed by atoms with Gasteiger partial charge in [-0.05, 0) is 46.5 Å². The van der Waals surface area contributed by atoms with Crippen LogP contribution in [-0.4, -0.2) is 26.4 Å². The molecule has 1 heterocycles. The van der Waals surface area contributed by atoms with Crippen LogP contribution in [0.15, 0.2) is 12.2 Å². The molecular formula is C14H29BO2Si. The van der Waals surface area contributed by atoms with Gasteiger partial charge in [0.05, 0.1) is 11.2 Å². The van der Waals surface area contributed by atoms with Crippen molar-refractivity contribution in [1.29, 1.82) is 0 Å². The van der Waals surface area contributed by atoms with Crippen LogP contribution in [-0.2, 0) is 9.31 Å². The first kappa shape index (κ1) is 16.0. The highest BCUT2D eigenvalue weighted by atomic mass is 28.3. The van der Waals surface area contributed by atoms with E-state index in [1.807, 2.05) is 0 Å². The topological polar surface area (TPSA) is 18.5 Å². The lowest BCUT2D eigenvalue weighted by molar-refractivity contribution is 0.00578. The molecule has 0 aromatic heterocycles. The standard InChI is InChI=1S/C14H29BO2Si/c1-13(2)14(3,4)17-15(16-13)11-9-8-10-12-18(5,6)7/h8,10H,9,11-12H2,1-7H3/b10-8+. The predicted molar refractivity (Wildman–Crippen MR) is 82.8 cm³/mol. The third-order valence-electron chi connectivity index (χ3n) is 3.77. The van der Waals surface area contributed by atoms with Gasteiger partial charge in [-0.1, -0.05) is 31.8 Å². The van der Waals surface area contributed by atoms with Gasteiger partial charge in [-0.3, -0.25) is 0 Å². The summed E-state index contributed by atoms with van der Waals surface area (Å²) in [6.07, 6.45) is 6.61. The molecule has 1 rings (SSSR count). The summed E-state index contributed by atoms with van der Waals surface area (Å²) in [7, 11) is -0.984. The Morgan fingerprint density at radius 1 is 0.944 bits per heavy atom. The molecule has 18 heavy (non-hydrogen) atoms. The summed E-state index contributed by atoms with van der Waals surface area (Å²) in [6.45, 7) is 15.6. The molecule has 0 atom stereocenters. The molecule has 0 spiro atoms. The zero-order valence-electron chi connectivity index (χ0n) is 13.2. The van der Waals surface area contributed by atoms with Gasteiger partial charge >= 0.3 is 7.12 Å². The van der Waals surface area contributed by atoms with E-state index in [1.165, 1.54) is 6.04 Å². The van der Waals surface area contributed by atoms with E-state index in [0.29, 0.717) is 0 Å². The van der Waals surface area contributed by atoms with Crippen LogP contribution in [0.4, 0.5) is 0 Å². The minimum Gasteiger partial charge on any atom is -0.403 e. The minimum atomic E-state index is -0.934. The van der Waals surface area contributed by atoms with Crippen molar-refractivity contribution in [1.82, 2.24) is 0 Å². The first-order valence-corrected chi connectivity index (χ1v) is 10.7. The van der Waals surface area contributed by atoms with Gasteiger partial charge in [0.15, 0.2) is 0 Å². The Hall–Kier alpha value is -0.0582. The lowest BCUT2D eigenvalue weighted by atomic mass is 9.83. The molecule has 0 radical (unpaired) electrons. The van der Waals surface area contributed by atoms with Crippen LogP contribution in [0.25, 0.3) is 0 Å². The molecule has 0 saturated carbocycles. The van der Waals surface area contributed by atoms with Gasteiger partial charge in [-0.15, -0.1) is 0 Å². The van der Waals surface area contributed by atoms with Crippen molar-refractivity contribution in [3.05, 3.63) is 12.2 Å². The Kier molecular flexibility index (Phi) is 4.90. The second kappa shape index (κ2) is 5.51. The number of allylic oxidation sites excluding steroid dienone is 2. The Morgan fingerprint density at radius 3 is 1.89 bits per heavy atom. The summed E-state index contributed by atoms with van der Waals surface area (Å²) in [5, 5.41) is 0. The van der Waals surface area contributed by atoms with Crippen molar-refractivity contribution in [3.8, 4) is 0 Å². The van der Waals surface area contributed by atoms with Gasteiger partial charge in [0.25, 0.3) is 0 Å². The summed E-state index contributed by atoms with van der Waals surface area (Å²) in [4.78, 5) is 0. The van der Waals surface area contributed by atoms with Crippen molar-refractivity contribution in [2.75, 3.05) is 0 Å². The molecule has 1 fully saturated rings. The molecule has 104 valence electrons. The first-order chi connectivity index (χ1) is 8.04. The van der Waals surface area contributed by atoms with Gasteiger partial charge in [-0.2, -0.15) is 0 Å². The van der Waals surface area contributed by atoms with Crippen LogP contribution in [0.2, 0.25) is 32.0 Å². The molecule has 0 aromatic carbocycles. The quantitative estimate of drug-likeness (QED) is 0.544. The number of rotatable bonds is 5. The smallest absolute Gasteiger partial charge is 0.403 e. The average Bonchev–Trinajstić information content (AvgIpc) is 2.32. The van der Waals surface area contributed by atoms with Crippen molar-refractivity contribution >= 4 is 15.2 Å². The van der Waals surface area contributed by atoms with Gasteiger partial charge in [0.1, 0.15) is 0 Å². The summed E-state index contributed by atoms with van der Waals surface area (Å²) in [5.41, 5.74) is -0.389. The number of hydrogen-bond donors (Lipinski definition) is 0. The molecule has 1 aliphatic heterocycles. The summed E-state index contributed by atoms with van der Waals surface area (Å²) < 4.78 is 11.9. The summed E-state index contributed by atoms with van der Waals surface area (Å²) in [5.74, 6) is 0. The Labute approximate surface area is 114 Å². The second-order valence-electron chi connectivity index (χ2n) is 7.50. The van der Waals surface area contributed by atoms with E-state index in [4.69, 9.17) is 9.31 Å². The van der Waals surface area contributed by atoms with E-state index in [1.54, 1.807) is 0 Å². The highest BCUT2D eigenvalue weighted by Gasteiger charge is 2.50. The van der Waals surface area contributed by atoms with E-state index >= 15 is 0 Å². The van der Waals surface area contributed by atoms with Gasteiger partial charge in [0.2, 0.25) is 0 Å². The second-order valence-corrected chi connectivity index (χ2v) is 13.0. The highest BCUT2D eigenvalue weighted by Crippen LogP contribution is 2.37. The maximum atomic E-state index is 5.96. The van der Waals surface area contributed by atoms with E-state index in [-0.39, 0.29) is 18.3 Å². The highest BCUT2D eigenvalue weighted by molar-refractivity contribution is 6.76. The molecular weight excluding hydrogens is 239 g/mol. The lowest BCUT2D eigenvalue weighted by Gasteiger charge is -2.32. The van der Waals surface area contributed by atoms with Crippen LogP contribution >= 0.6 is 0 Å². The Balaban J connectivity index is 2.31. The first-order valence-electron chi connectivity index (χ1n) is 7.04.